The van der Waals surface area contributed by atoms with Gasteiger partial charge in [0, 0.05) is 19.5 Å². The van der Waals surface area contributed by atoms with Crippen LogP contribution in [-0.4, -0.2) is 54.0 Å². The Morgan fingerprint density at radius 3 is 2.95 bits per heavy atom. The summed E-state index contributed by atoms with van der Waals surface area (Å²) in [5, 5.41) is 13.2. The number of nitrogens with zero attached hydrogens (tertiary/aromatic N) is 1. The lowest BCUT2D eigenvalue weighted by atomic mass is 9.89. The molecule has 5 nitrogen and oxygen atoms in total. The standard InChI is InChI=1S/C15H20N2O3/c18-13-10-16-8-7-15(13)11-17(14(19)20-15)9-6-12-4-2-1-3-5-12/h1-5,13,16,18H,6-11H2/t13-,15-/m0/s1. The smallest absolute Gasteiger partial charge is 0.410 e. The number of benzene rings is 1. The summed E-state index contributed by atoms with van der Waals surface area (Å²) in [7, 11) is 0. The highest BCUT2D eigenvalue weighted by atomic mass is 16.6. The van der Waals surface area contributed by atoms with E-state index in [1.807, 2.05) is 18.2 Å². The van der Waals surface area contributed by atoms with Gasteiger partial charge in [-0.25, -0.2) is 4.79 Å². The molecule has 2 atom stereocenters. The van der Waals surface area contributed by atoms with Gasteiger partial charge in [-0.1, -0.05) is 30.3 Å². The van der Waals surface area contributed by atoms with Crippen LogP contribution in [0.5, 0.6) is 0 Å². The zero-order valence-electron chi connectivity index (χ0n) is 11.4. The van der Waals surface area contributed by atoms with Gasteiger partial charge in [0.05, 0.1) is 6.54 Å². The fraction of sp³-hybridized carbons (Fsp3) is 0.533. The van der Waals surface area contributed by atoms with Crippen molar-refractivity contribution in [2.24, 2.45) is 0 Å². The van der Waals surface area contributed by atoms with Crippen LogP contribution in [0.2, 0.25) is 0 Å². The molecule has 1 aromatic carbocycles. The second-order valence-electron chi connectivity index (χ2n) is 5.56. The van der Waals surface area contributed by atoms with Gasteiger partial charge < -0.3 is 20.1 Å². The number of amides is 1. The first-order valence-corrected chi connectivity index (χ1v) is 7.10. The van der Waals surface area contributed by atoms with E-state index in [1.54, 1.807) is 4.90 Å². The Labute approximate surface area is 118 Å². The zero-order valence-corrected chi connectivity index (χ0v) is 11.4. The molecule has 20 heavy (non-hydrogen) atoms. The highest BCUT2D eigenvalue weighted by Crippen LogP contribution is 2.31. The first-order chi connectivity index (χ1) is 9.70. The molecule has 2 heterocycles. The second kappa shape index (κ2) is 5.42. The number of nitrogens with one attached hydrogen (secondary N) is 1. The van der Waals surface area contributed by atoms with Crippen LogP contribution < -0.4 is 5.32 Å². The van der Waals surface area contributed by atoms with E-state index >= 15 is 0 Å². The number of aliphatic hydroxyl groups excluding tert-OH is 1. The van der Waals surface area contributed by atoms with Crippen molar-refractivity contribution in [2.75, 3.05) is 26.2 Å². The summed E-state index contributed by atoms with van der Waals surface area (Å²) in [5.74, 6) is 0. The predicted octanol–water partition coefficient (Wildman–Crippen LogP) is 0.774. The van der Waals surface area contributed by atoms with Gasteiger partial charge in [-0.2, -0.15) is 0 Å². The number of rotatable bonds is 3. The fourth-order valence-electron chi connectivity index (χ4n) is 2.93. The third-order valence-electron chi connectivity index (χ3n) is 4.19. The summed E-state index contributed by atoms with van der Waals surface area (Å²) in [5.41, 5.74) is 0.492. The van der Waals surface area contributed by atoms with Crippen LogP contribution in [0, 0.1) is 0 Å². The largest absolute Gasteiger partial charge is 0.438 e. The SMILES string of the molecule is O=C1O[C@@]2(CCNC[C@@H]2O)CN1CCc1ccccc1. The molecule has 0 saturated carbocycles. The van der Waals surface area contributed by atoms with Gasteiger partial charge in [0.1, 0.15) is 6.10 Å². The van der Waals surface area contributed by atoms with E-state index in [0.29, 0.717) is 26.1 Å². The Kier molecular flexibility index (Phi) is 3.63. The number of aliphatic hydroxyl groups is 1. The number of carbonyl (C=O) groups is 1. The van der Waals surface area contributed by atoms with E-state index in [-0.39, 0.29) is 6.09 Å². The number of carbonyl (C=O) groups excluding carboxylic acids is 1. The van der Waals surface area contributed by atoms with Gasteiger partial charge in [0.15, 0.2) is 5.60 Å². The number of ether oxygens (including phenoxy) is 1. The van der Waals surface area contributed by atoms with Gasteiger partial charge in [0.25, 0.3) is 0 Å². The zero-order chi connectivity index (χ0) is 14.0. The Balaban J connectivity index is 1.62. The summed E-state index contributed by atoms with van der Waals surface area (Å²) in [6.45, 7) is 2.38. The molecule has 2 aliphatic heterocycles. The molecule has 0 aliphatic carbocycles. The molecule has 1 amide bonds. The summed E-state index contributed by atoms with van der Waals surface area (Å²) in [6.07, 6.45) is 0.547. The molecule has 2 N–H and O–H groups in total. The van der Waals surface area contributed by atoms with Crippen molar-refractivity contribution in [3.8, 4) is 0 Å². The van der Waals surface area contributed by atoms with Crippen molar-refractivity contribution in [1.82, 2.24) is 10.2 Å². The average molecular weight is 276 g/mol. The van der Waals surface area contributed by atoms with Gasteiger partial charge in [-0.3, -0.25) is 0 Å². The molecule has 1 spiro atoms. The number of β-amino-alcohol motifs (C(OH)–C–C–N with tert-alkyl or cyclic N) is 1. The van der Waals surface area contributed by atoms with E-state index in [9.17, 15) is 9.90 Å². The van der Waals surface area contributed by atoms with Crippen molar-refractivity contribution in [2.45, 2.75) is 24.5 Å². The Bertz CT molecular complexity index is 479. The first kappa shape index (κ1) is 13.4. The number of hydrogen-bond donors (Lipinski definition) is 2. The van der Waals surface area contributed by atoms with Crippen LogP contribution in [0.1, 0.15) is 12.0 Å². The first-order valence-electron chi connectivity index (χ1n) is 7.10. The van der Waals surface area contributed by atoms with E-state index in [1.165, 1.54) is 5.56 Å². The molecular formula is C15H20N2O3. The molecule has 3 rings (SSSR count). The quantitative estimate of drug-likeness (QED) is 0.856. The van der Waals surface area contributed by atoms with Crippen molar-refractivity contribution < 1.29 is 14.6 Å². The van der Waals surface area contributed by atoms with Crippen LogP contribution in [0.15, 0.2) is 30.3 Å². The van der Waals surface area contributed by atoms with Crippen molar-refractivity contribution >= 4 is 6.09 Å². The molecule has 0 bridgehead atoms. The predicted molar refractivity (Wildman–Crippen MR) is 74.4 cm³/mol. The molecule has 0 unspecified atom stereocenters. The van der Waals surface area contributed by atoms with Crippen molar-refractivity contribution in [3.63, 3.8) is 0 Å². The van der Waals surface area contributed by atoms with Crippen LogP contribution in [0.25, 0.3) is 0 Å². The third kappa shape index (κ3) is 2.51. The molecule has 0 aromatic heterocycles. The van der Waals surface area contributed by atoms with Crippen molar-refractivity contribution in [3.05, 3.63) is 35.9 Å². The Hall–Kier alpha value is -1.59. The van der Waals surface area contributed by atoms with Gasteiger partial charge >= 0.3 is 6.09 Å². The van der Waals surface area contributed by atoms with Crippen LogP contribution in [-0.2, 0) is 11.2 Å². The maximum Gasteiger partial charge on any atom is 0.410 e. The van der Waals surface area contributed by atoms with Crippen LogP contribution >= 0.6 is 0 Å². The van der Waals surface area contributed by atoms with E-state index in [2.05, 4.69) is 17.4 Å². The van der Waals surface area contributed by atoms with Crippen LogP contribution in [0.3, 0.4) is 0 Å². The molecule has 108 valence electrons. The highest BCUT2D eigenvalue weighted by molar-refractivity contribution is 5.71. The topological polar surface area (TPSA) is 61.8 Å². The lowest BCUT2D eigenvalue weighted by Crippen LogP contribution is -2.56. The van der Waals surface area contributed by atoms with Crippen LogP contribution in [0.4, 0.5) is 4.79 Å². The van der Waals surface area contributed by atoms with E-state index in [4.69, 9.17) is 4.74 Å². The normalized spacial score (nSPS) is 29.8. The van der Waals surface area contributed by atoms with E-state index < -0.39 is 11.7 Å². The lowest BCUT2D eigenvalue weighted by Gasteiger charge is -2.36. The minimum Gasteiger partial charge on any atom is -0.438 e. The average Bonchev–Trinajstić information content (AvgIpc) is 2.78. The molecule has 2 saturated heterocycles. The second-order valence-corrected chi connectivity index (χ2v) is 5.56. The maximum absolute atomic E-state index is 12.0. The minimum atomic E-state index is -0.709. The molecule has 1 aromatic rings. The Morgan fingerprint density at radius 2 is 2.20 bits per heavy atom. The molecule has 5 heteroatoms. The van der Waals surface area contributed by atoms with Gasteiger partial charge in [0.2, 0.25) is 0 Å². The molecule has 0 radical (unpaired) electrons. The van der Waals surface area contributed by atoms with Gasteiger partial charge in [-0.05, 0) is 18.5 Å². The Morgan fingerprint density at radius 1 is 1.40 bits per heavy atom. The minimum absolute atomic E-state index is 0.304. The summed E-state index contributed by atoms with van der Waals surface area (Å²) >= 11 is 0. The molecule has 2 aliphatic rings. The summed E-state index contributed by atoms with van der Waals surface area (Å²) < 4.78 is 5.50. The maximum atomic E-state index is 12.0. The number of hydrogen-bond acceptors (Lipinski definition) is 4. The lowest BCUT2D eigenvalue weighted by molar-refractivity contribution is -0.0693. The summed E-state index contributed by atoms with van der Waals surface area (Å²) in [6, 6.07) is 10.1. The molecule has 2 fully saturated rings. The third-order valence-corrected chi connectivity index (χ3v) is 4.19. The van der Waals surface area contributed by atoms with Crippen molar-refractivity contribution in [1.29, 1.82) is 0 Å². The highest BCUT2D eigenvalue weighted by Gasteiger charge is 2.51. The van der Waals surface area contributed by atoms with E-state index in [0.717, 1.165) is 13.0 Å². The monoisotopic (exact) mass is 276 g/mol. The summed E-state index contributed by atoms with van der Waals surface area (Å²) in [4.78, 5) is 13.7. The number of piperidine rings is 1. The molecular weight excluding hydrogens is 256 g/mol. The van der Waals surface area contributed by atoms with Gasteiger partial charge in [-0.15, -0.1) is 0 Å². The fourth-order valence-corrected chi connectivity index (χ4v) is 2.93.